The van der Waals surface area contributed by atoms with Crippen molar-refractivity contribution in [2.45, 2.75) is 0 Å². The molecule has 44 heavy (non-hydrogen) atoms. The first kappa shape index (κ1) is 25.8. The average molecular weight is 563 g/mol. The molecule has 0 fully saturated rings. The summed E-state index contributed by atoms with van der Waals surface area (Å²) in [5.41, 5.74) is 9.31. The number of aromatic nitrogens is 1. The Bertz CT molecular complexity index is 2200. The fourth-order valence-corrected chi connectivity index (χ4v) is 6.27. The van der Waals surface area contributed by atoms with Crippen LogP contribution in [0.4, 0.5) is 17.1 Å². The molecule has 0 N–H and O–H groups in total. The van der Waals surface area contributed by atoms with Crippen LogP contribution in [0.5, 0.6) is 0 Å². The minimum Gasteiger partial charge on any atom is -0.310 e. The molecule has 7 aromatic carbocycles. The smallest absolute Gasteiger partial charge is 0.0541 e. The van der Waals surface area contributed by atoms with Crippen molar-refractivity contribution < 1.29 is 0 Å². The highest BCUT2D eigenvalue weighted by atomic mass is 15.1. The highest BCUT2D eigenvalue weighted by Gasteiger charge is 2.16. The standard InChI is InChI=1S/C42H30N2/c1-2-11-31(12-3-1)21-22-32-23-25-34(26-24-32)43(40-20-10-14-33-13-4-5-15-37(33)40)35-27-29-36(30-28-35)44-41-18-8-6-16-38(41)39-17-7-9-19-42(39)44/h1-30H/b22-21+. The minimum absolute atomic E-state index is 1.11. The summed E-state index contributed by atoms with van der Waals surface area (Å²) < 4.78 is 2.37. The molecular weight excluding hydrogens is 532 g/mol. The van der Waals surface area contributed by atoms with E-state index >= 15 is 0 Å². The van der Waals surface area contributed by atoms with Crippen molar-refractivity contribution in [2.75, 3.05) is 4.90 Å². The zero-order valence-corrected chi connectivity index (χ0v) is 24.2. The van der Waals surface area contributed by atoms with Crippen LogP contribution in [-0.2, 0) is 0 Å². The van der Waals surface area contributed by atoms with E-state index in [9.17, 15) is 0 Å². The third kappa shape index (κ3) is 4.63. The summed E-state index contributed by atoms with van der Waals surface area (Å²) in [5.74, 6) is 0. The monoisotopic (exact) mass is 562 g/mol. The molecule has 0 bridgehead atoms. The number of hydrogen-bond acceptors (Lipinski definition) is 1. The van der Waals surface area contributed by atoms with Gasteiger partial charge in [-0.1, -0.05) is 127 Å². The predicted molar refractivity (Wildman–Crippen MR) is 188 cm³/mol. The van der Waals surface area contributed by atoms with Gasteiger partial charge >= 0.3 is 0 Å². The molecular formula is C42H30N2. The van der Waals surface area contributed by atoms with Crippen molar-refractivity contribution >= 4 is 61.8 Å². The zero-order valence-electron chi connectivity index (χ0n) is 24.2. The van der Waals surface area contributed by atoms with Gasteiger partial charge in [-0.15, -0.1) is 0 Å². The van der Waals surface area contributed by atoms with Gasteiger partial charge in [0, 0.05) is 33.2 Å². The van der Waals surface area contributed by atoms with Gasteiger partial charge in [0.15, 0.2) is 0 Å². The van der Waals surface area contributed by atoms with Crippen LogP contribution in [0.3, 0.4) is 0 Å². The van der Waals surface area contributed by atoms with Crippen LogP contribution < -0.4 is 4.90 Å². The van der Waals surface area contributed by atoms with Crippen LogP contribution >= 0.6 is 0 Å². The van der Waals surface area contributed by atoms with Gasteiger partial charge in [-0.05, 0) is 71.1 Å². The molecule has 0 radical (unpaired) electrons. The van der Waals surface area contributed by atoms with Crippen molar-refractivity contribution in [2.24, 2.45) is 0 Å². The van der Waals surface area contributed by atoms with Crippen LogP contribution in [0.25, 0.3) is 50.4 Å². The van der Waals surface area contributed by atoms with E-state index < -0.39 is 0 Å². The van der Waals surface area contributed by atoms with E-state index in [0.717, 1.165) is 28.3 Å². The molecule has 0 saturated carbocycles. The second-order valence-corrected chi connectivity index (χ2v) is 11.1. The normalized spacial score (nSPS) is 11.5. The van der Waals surface area contributed by atoms with Crippen LogP contribution in [0, 0.1) is 0 Å². The van der Waals surface area contributed by atoms with Crippen LogP contribution in [-0.4, -0.2) is 4.57 Å². The molecule has 0 saturated heterocycles. The number of rotatable bonds is 6. The molecule has 2 nitrogen and oxygen atoms in total. The second kappa shape index (κ2) is 11.1. The lowest BCUT2D eigenvalue weighted by atomic mass is 10.1. The highest BCUT2D eigenvalue weighted by molar-refractivity contribution is 6.09. The summed E-state index contributed by atoms with van der Waals surface area (Å²) in [4.78, 5) is 2.36. The summed E-state index contributed by atoms with van der Waals surface area (Å²) in [6.07, 6.45) is 4.33. The van der Waals surface area contributed by atoms with E-state index in [4.69, 9.17) is 0 Å². The Morgan fingerprint density at radius 2 is 0.886 bits per heavy atom. The quantitative estimate of drug-likeness (QED) is 0.183. The fourth-order valence-electron chi connectivity index (χ4n) is 6.27. The third-order valence-electron chi connectivity index (χ3n) is 8.37. The molecule has 8 aromatic rings. The lowest BCUT2D eigenvalue weighted by Gasteiger charge is -2.27. The second-order valence-electron chi connectivity index (χ2n) is 11.1. The Hall–Kier alpha value is -5.86. The van der Waals surface area contributed by atoms with Gasteiger partial charge in [-0.3, -0.25) is 0 Å². The van der Waals surface area contributed by atoms with Crippen molar-refractivity contribution in [3.05, 3.63) is 181 Å². The predicted octanol–water partition coefficient (Wildman–Crippen LogP) is 11.6. The Kier molecular flexibility index (Phi) is 6.51. The molecule has 0 aliphatic carbocycles. The first-order chi connectivity index (χ1) is 21.8. The van der Waals surface area contributed by atoms with Gasteiger partial charge < -0.3 is 9.47 Å². The maximum absolute atomic E-state index is 2.37. The minimum atomic E-state index is 1.11. The largest absolute Gasteiger partial charge is 0.310 e. The van der Waals surface area contributed by atoms with Crippen LogP contribution in [0.15, 0.2) is 170 Å². The summed E-state index contributed by atoms with van der Waals surface area (Å²) in [5, 5.41) is 4.98. The van der Waals surface area contributed by atoms with E-state index in [2.05, 4.69) is 185 Å². The molecule has 1 heterocycles. The summed E-state index contributed by atoms with van der Waals surface area (Å²) in [6, 6.07) is 60.7. The van der Waals surface area contributed by atoms with E-state index in [1.54, 1.807) is 0 Å². The average Bonchev–Trinajstić information content (AvgIpc) is 3.43. The van der Waals surface area contributed by atoms with Crippen molar-refractivity contribution in [1.82, 2.24) is 4.57 Å². The summed E-state index contributed by atoms with van der Waals surface area (Å²) >= 11 is 0. The van der Waals surface area contributed by atoms with Gasteiger partial charge in [-0.2, -0.15) is 0 Å². The molecule has 2 heteroatoms. The molecule has 0 amide bonds. The first-order valence-electron chi connectivity index (χ1n) is 15.0. The molecule has 8 rings (SSSR count). The van der Waals surface area contributed by atoms with Crippen LogP contribution in [0.1, 0.15) is 11.1 Å². The number of benzene rings is 7. The van der Waals surface area contributed by atoms with Crippen molar-refractivity contribution in [3.63, 3.8) is 0 Å². The number of anilines is 3. The molecule has 0 aliphatic rings. The Balaban J connectivity index is 1.23. The van der Waals surface area contributed by atoms with Gasteiger partial charge in [0.2, 0.25) is 0 Å². The van der Waals surface area contributed by atoms with Gasteiger partial charge in [0.1, 0.15) is 0 Å². The van der Waals surface area contributed by atoms with Crippen molar-refractivity contribution in [1.29, 1.82) is 0 Å². The SMILES string of the molecule is C(=C\c1ccc(N(c2ccc(-n3c4ccccc4c4ccccc43)cc2)c2cccc3ccccc23)cc1)/c1ccccc1. The summed E-state index contributed by atoms with van der Waals surface area (Å²) in [7, 11) is 0. The molecule has 208 valence electrons. The lowest BCUT2D eigenvalue weighted by Crippen LogP contribution is -2.10. The van der Waals surface area contributed by atoms with E-state index in [-0.39, 0.29) is 0 Å². The lowest BCUT2D eigenvalue weighted by molar-refractivity contribution is 1.17. The zero-order chi connectivity index (χ0) is 29.3. The van der Waals surface area contributed by atoms with E-state index in [1.807, 2.05) is 6.07 Å². The van der Waals surface area contributed by atoms with Crippen LogP contribution in [0.2, 0.25) is 0 Å². The molecule has 0 spiro atoms. The topological polar surface area (TPSA) is 8.17 Å². The Morgan fingerprint density at radius 1 is 0.386 bits per heavy atom. The van der Waals surface area contributed by atoms with E-state index in [0.29, 0.717) is 0 Å². The molecule has 0 aliphatic heterocycles. The number of nitrogens with zero attached hydrogens (tertiary/aromatic N) is 2. The number of para-hydroxylation sites is 2. The third-order valence-corrected chi connectivity index (χ3v) is 8.37. The maximum atomic E-state index is 2.37. The number of fused-ring (bicyclic) bond motifs is 4. The summed E-state index contributed by atoms with van der Waals surface area (Å²) in [6.45, 7) is 0. The molecule has 0 atom stereocenters. The highest BCUT2D eigenvalue weighted by Crippen LogP contribution is 2.40. The Morgan fingerprint density at radius 3 is 1.55 bits per heavy atom. The molecule has 1 aromatic heterocycles. The van der Waals surface area contributed by atoms with E-state index in [1.165, 1.54) is 38.1 Å². The van der Waals surface area contributed by atoms with Crippen molar-refractivity contribution in [3.8, 4) is 5.69 Å². The fraction of sp³-hybridized carbons (Fsp3) is 0. The first-order valence-corrected chi connectivity index (χ1v) is 15.0. The Labute approximate surface area is 257 Å². The van der Waals surface area contributed by atoms with Gasteiger partial charge in [0.25, 0.3) is 0 Å². The van der Waals surface area contributed by atoms with Gasteiger partial charge in [0.05, 0.1) is 16.7 Å². The maximum Gasteiger partial charge on any atom is 0.0541 e. The van der Waals surface area contributed by atoms with Gasteiger partial charge in [-0.25, -0.2) is 0 Å². The number of hydrogen-bond donors (Lipinski definition) is 0. The molecule has 0 unspecified atom stereocenters.